The van der Waals surface area contributed by atoms with Crippen LogP contribution < -0.4 is 5.32 Å². The molecule has 1 aliphatic heterocycles. The molecule has 1 unspecified atom stereocenters. The van der Waals surface area contributed by atoms with E-state index in [-0.39, 0.29) is 25.4 Å². The Bertz CT molecular complexity index is 321. The first-order chi connectivity index (χ1) is 9.32. The number of hydrogen-bond donors (Lipinski definition) is 1. The predicted molar refractivity (Wildman–Crippen MR) is 72.3 cm³/mol. The van der Waals surface area contributed by atoms with Gasteiger partial charge in [-0.05, 0) is 25.8 Å². The van der Waals surface area contributed by atoms with E-state index in [1.54, 1.807) is 6.92 Å². The fourth-order valence-electron chi connectivity index (χ4n) is 2.75. The van der Waals surface area contributed by atoms with Crippen LogP contribution in [0.15, 0.2) is 0 Å². The Morgan fingerprint density at radius 3 is 2.25 bits per heavy atom. The van der Waals surface area contributed by atoms with E-state index in [1.165, 1.54) is 4.90 Å². The van der Waals surface area contributed by atoms with Gasteiger partial charge >= 0.3 is 6.18 Å². The monoisotopic (exact) mass is 294 g/mol. The molecule has 1 aliphatic rings. The lowest BCUT2D eigenvalue weighted by molar-refractivity contribution is -0.221. The minimum Gasteiger partial charge on any atom is -0.342 e. The van der Waals surface area contributed by atoms with Crippen molar-refractivity contribution >= 4 is 5.91 Å². The topological polar surface area (TPSA) is 32.3 Å². The van der Waals surface area contributed by atoms with Crippen LogP contribution in [0.25, 0.3) is 0 Å². The Balaban J connectivity index is 2.93. The molecule has 0 aliphatic carbocycles. The van der Waals surface area contributed by atoms with Gasteiger partial charge in [0.2, 0.25) is 5.91 Å². The molecule has 1 fully saturated rings. The molecule has 0 bridgehead atoms. The van der Waals surface area contributed by atoms with Crippen LogP contribution >= 0.6 is 0 Å². The normalized spacial score (nSPS) is 23.4. The molecule has 0 aromatic heterocycles. The molecule has 0 spiro atoms. The third-order valence-corrected chi connectivity index (χ3v) is 4.41. The molecule has 118 valence electrons. The summed E-state index contributed by atoms with van der Waals surface area (Å²) in [7, 11) is 0. The van der Waals surface area contributed by atoms with Gasteiger partial charge in [-0.1, -0.05) is 26.7 Å². The first kappa shape index (κ1) is 17.3. The van der Waals surface area contributed by atoms with Crippen molar-refractivity contribution in [3.05, 3.63) is 0 Å². The zero-order valence-corrected chi connectivity index (χ0v) is 12.5. The first-order valence-electron chi connectivity index (χ1n) is 7.39. The maximum atomic E-state index is 13.4. The third-order valence-electron chi connectivity index (χ3n) is 4.41. The van der Waals surface area contributed by atoms with Crippen molar-refractivity contribution < 1.29 is 18.0 Å². The van der Waals surface area contributed by atoms with Gasteiger partial charge < -0.3 is 10.2 Å². The molecule has 1 amide bonds. The minimum absolute atomic E-state index is 0.158. The van der Waals surface area contributed by atoms with Crippen LogP contribution in [0.4, 0.5) is 13.2 Å². The lowest BCUT2D eigenvalue weighted by atomic mass is 9.84. The molecule has 0 radical (unpaired) electrons. The molecule has 1 atom stereocenters. The maximum Gasteiger partial charge on any atom is 0.404 e. The van der Waals surface area contributed by atoms with Crippen molar-refractivity contribution in [1.82, 2.24) is 10.2 Å². The number of carbonyl (C=O) groups is 1. The van der Waals surface area contributed by atoms with Gasteiger partial charge in [0.1, 0.15) is 0 Å². The Hall–Kier alpha value is -0.780. The Morgan fingerprint density at radius 1 is 1.30 bits per heavy atom. The molecule has 6 heteroatoms. The van der Waals surface area contributed by atoms with Gasteiger partial charge in [-0.25, -0.2) is 0 Å². The Labute approximate surface area is 118 Å². The van der Waals surface area contributed by atoms with Crippen LogP contribution in [0.5, 0.6) is 0 Å². The molecule has 20 heavy (non-hydrogen) atoms. The van der Waals surface area contributed by atoms with Crippen LogP contribution in [0.3, 0.4) is 0 Å². The average molecular weight is 294 g/mol. The van der Waals surface area contributed by atoms with E-state index in [9.17, 15) is 18.0 Å². The van der Waals surface area contributed by atoms with Gasteiger partial charge in [-0.15, -0.1) is 0 Å². The van der Waals surface area contributed by atoms with Gasteiger partial charge in [0.15, 0.2) is 5.41 Å². The highest BCUT2D eigenvalue weighted by Crippen LogP contribution is 2.44. The van der Waals surface area contributed by atoms with Gasteiger partial charge in [-0.2, -0.15) is 13.2 Å². The number of hydrogen-bond acceptors (Lipinski definition) is 2. The predicted octanol–water partition coefficient (Wildman–Crippen LogP) is 2.81. The lowest BCUT2D eigenvalue weighted by Gasteiger charge is -2.36. The molecule has 0 aromatic rings. The average Bonchev–Trinajstić information content (AvgIpc) is 2.90. The largest absolute Gasteiger partial charge is 0.404 e. The molecule has 3 nitrogen and oxygen atoms in total. The number of carbonyl (C=O) groups excluding carboxylic acids is 1. The van der Waals surface area contributed by atoms with Crippen molar-refractivity contribution in [1.29, 1.82) is 0 Å². The first-order valence-corrected chi connectivity index (χ1v) is 7.39. The second kappa shape index (κ2) is 6.78. The zero-order valence-electron chi connectivity index (χ0n) is 12.5. The molecular formula is C14H25F3N2O. The maximum absolute atomic E-state index is 13.4. The quantitative estimate of drug-likeness (QED) is 0.817. The van der Waals surface area contributed by atoms with E-state index in [0.29, 0.717) is 13.1 Å². The number of alkyl halides is 3. The summed E-state index contributed by atoms with van der Waals surface area (Å²) in [4.78, 5) is 13.9. The van der Waals surface area contributed by atoms with Crippen molar-refractivity contribution in [3.8, 4) is 0 Å². The molecule has 1 heterocycles. The van der Waals surface area contributed by atoms with E-state index in [2.05, 4.69) is 5.32 Å². The highest BCUT2D eigenvalue weighted by atomic mass is 19.4. The second-order valence-corrected chi connectivity index (χ2v) is 5.53. The molecule has 1 rings (SSSR count). The number of nitrogens with one attached hydrogen (secondary N) is 1. The summed E-state index contributed by atoms with van der Waals surface area (Å²) in [5.74, 6) is -0.497. The van der Waals surface area contributed by atoms with E-state index in [1.807, 2.05) is 13.8 Å². The SMILES string of the molecule is CCC(CC)CN(CC)C(=O)C1(C(F)(F)F)CCNC1. The smallest absolute Gasteiger partial charge is 0.342 e. The Morgan fingerprint density at radius 2 is 1.90 bits per heavy atom. The fraction of sp³-hybridized carbons (Fsp3) is 0.929. The van der Waals surface area contributed by atoms with E-state index < -0.39 is 17.5 Å². The van der Waals surface area contributed by atoms with Gasteiger partial charge in [0.05, 0.1) is 0 Å². The summed E-state index contributed by atoms with van der Waals surface area (Å²) in [5.41, 5.74) is -2.23. The second-order valence-electron chi connectivity index (χ2n) is 5.53. The van der Waals surface area contributed by atoms with E-state index >= 15 is 0 Å². The molecule has 1 saturated heterocycles. The lowest BCUT2D eigenvalue weighted by Crippen LogP contribution is -2.54. The van der Waals surface area contributed by atoms with Crippen LogP contribution in [0, 0.1) is 11.3 Å². The summed E-state index contributed by atoms with van der Waals surface area (Å²) in [6, 6.07) is 0. The van der Waals surface area contributed by atoms with Crippen LogP contribution in [0.1, 0.15) is 40.0 Å². The van der Waals surface area contributed by atoms with Crippen LogP contribution in [-0.2, 0) is 4.79 Å². The summed E-state index contributed by atoms with van der Waals surface area (Å²) in [6.07, 6.45) is -2.90. The highest BCUT2D eigenvalue weighted by molar-refractivity contribution is 5.84. The number of halogens is 3. The number of amides is 1. The van der Waals surface area contributed by atoms with Crippen molar-refractivity contribution in [2.75, 3.05) is 26.2 Å². The minimum atomic E-state index is -4.49. The summed E-state index contributed by atoms with van der Waals surface area (Å²) in [6.45, 7) is 6.44. The highest BCUT2D eigenvalue weighted by Gasteiger charge is 2.62. The molecule has 0 saturated carbocycles. The third kappa shape index (κ3) is 3.27. The Kier molecular flexibility index (Phi) is 5.86. The summed E-state index contributed by atoms with van der Waals surface area (Å²) < 4.78 is 40.1. The van der Waals surface area contributed by atoms with Gasteiger partial charge in [0.25, 0.3) is 0 Å². The van der Waals surface area contributed by atoms with Gasteiger partial charge in [0, 0.05) is 19.6 Å². The van der Waals surface area contributed by atoms with E-state index in [0.717, 1.165) is 12.8 Å². The van der Waals surface area contributed by atoms with Gasteiger partial charge in [-0.3, -0.25) is 4.79 Å². The standard InChI is InChI=1S/C14H25F3N2O/c1-4-11(5-2)9-19(6-3)12(20)13(14(15,16)17)7-8-18-10-13/h11,18H,4-10H2,1-3H3. The molecule has 1 N–H and O–H groups in total. The van der Waals surface area contributed by atoms with Crippen molar-refractivity contribution in [3.63, 3.8) is 0 Å². The number of nitrogens with zero attached hydrogens (tertiary/aromatic N) is 1. The number of rotatable bonds is 6. The van der Waals surface area contributed by atoms with E-state index in [4.69, 9.17) is 0 Å². The summed E-state index contributed by atoms with van der Waals surface area (Å²) in [5, 5.41) is 2.69. The van der Waals surface area contributed by atoms with Crippen LogP contribution in [0.2, 0.25) is 0 Å². The van der Waals surface area contributed by atoms with Crippen molar-refractivity contribution in [2.24, 2.45) is 11.3 Å². The molecule has 0 aromatic carbocycles. The van der Waals surface area contributed by atoms with Crippen molar-refractivity contribution in [2.45, 2.75) is 46.2 Å². The fourth-order valence-corrected chi connectivity index (χ4v) is 2.75. The van der Waals surface area contributed by atoms with Crippen LogP contribution in [-0.4, -0.2) is 43.2 Å². The zero-order chi connectivity index (χ0) is 15.4. The molecular weight excluding hydrogens is 269 g/mol. The summed E-state index contributed by atoms with van der Waals surface area (Å²) >= 11 is 0.